The number of carbonyl (C=O) groups is 2. The molecule has 0 atom stereocenters. The zero-order valence-electron chi connectivity index (χ0n) is 19.8. The maximum atomic E-state index is 13.3. The minimum absolute atomic E-state index is 0.0155. The van der Waals surface area contributed by atoms with E-state index >= 15 is 0 Å². The molecule has 3 aromatic carbocycles. The normalized spacial score (nSPS) is 14.4. The highest BCUT2D eigenvalue weighted by molar-refractivity contribution is 7.92. The van der Waals surface area contributed by atoms with Crippen molar-refractivity contribution in [3.8, 4) is 0 Å². The van der Waals surface area contributed by atoms with Gasteiger partial charge in [0.25, 0.3) is 21.8 Å². The number of aryl methyl sites for hydroxylation is 2. The fraction of sp³-hybridized carbons (Fsp3) is 0.259. The summed E-state index contributed by atoms with van der Waals surface area (Å²) in [5, 5.41) is 3.04. The number of hydrogen-bond acceptors (Lipinski definition) is 4. The summed E-state index contributed by atoms with van der Waals surface area (Å²) in [5.74, 6) is -0.326. The SMILES string of the molecule is Cc1ccc(NS(=O)(=O)c2ccc(C)c(C(=O)N3CCC(NC(=O)c4ccccc4)CC3)c2)cc1. The number of nitrogens with zero attached hydrogens (tertiary/aromatic N) is 1. The van der Waals surface area contributed by atoms with Crippen LogP contribution in [-0.4, -0.2) is 44.3 Å². The minimum atomic E-state index is -3.85. The molecule has 0 unspecified atom stereocenters. The summed E-state index contributed by atoms with van der Waals surface area (Å²) in [4.78, 5) is 27.4. The largest absolute Gasteiger partial charge is 0.349 e. The molecule has 1 saturated heterocycles. The molecule has 0 aromatic heterocycles. The Morgan fingerprint density at radius 1 is 0.886 bits per heavy atom. The van der Waals surface area contributed by atoms with E-state index in [4.69, 9.17) is 0 Å². The van der Waals surface area contributed by atoms with Crippen LogP contribution in [0.25, 0.3) is 0 Å². The number of sulfonamides is 1. The second-order valence-corrected chi connectivity index (χ2v) is 10.5. The van der Waals surface area contributed by atoms with Crippen molar-refractivity contribution in [2.24, 2.45) is 0 Å². The molecule has 1 fully saturated rings. The standard InChI is InChI=1S/C27H29N3O4S/c1-19-8-11-23(12-9-19)29-35(33,34)24-13-10-20(2)25(18-24)27(32)30-16-14-22(15-17-30)28-26(31)21-6-4-3-5-7-21/h3-13,18,22,29H,14-17H2,1-2H3,(H,28,31). The number of piperidine rings is 1. The predicted molar refractivity (Wildman–Crippen MR) is 136 cm³/mol. The lowest BCUT2D eigenvalue weighted by Gasteiger charge is -2.33. The quantitative estimate of drug-likeness (QED) is 0.542. The van der Waals surface area contributed by atoms with Gasteiger partial charge in [0.05, 0.1) is 4.90 Å². The van der Waals surface area contributed by atoms with E-state index in [-0.39, 0.29) is 22.8 Å². The smallest absolute Gasteiger partial charge is 0.261 e. The van der Waals surface area contributed by atoms with Gasteiger partial charge in [-0.2, -0.15) is 0 Å². The molecule has 3 aromatic rings. The summed E-state index contributed by atoms with van der Waals surface area (Å²) in [6.45, 7) is 4.69. The van der Waals surface area contributed by atoms with Crippen molar-refractivity contribution in [3.63, 3.8) is 0 Å². The number of carbonyl (C=O) groups excluding carboxylic acids is 2. The van der Waals surface area contributed by atoms with Crippen molar-refractivity contribution in [1.82, 2.24) is 10.2 Å². The van der Waals surface area contributed by atoms with E-state index in [1.54, 1.807) is 42.2 Å². The third kappa shape index (κ3) is 5.89. The molecular weight excluding hydrogens is 462 g/mol. The number of amides is 2. The molecule has 7 nitrogen and oxygen atoms in total. The summed E-state index contributed by atoms with van der Waals surface area (Å²) < 4.78 is 28.4. The molecule has 0 spiro atoms. The van der Waals surface area contributed by atoms with E-state index in [2.05, 4.69) is 10.0 Å². The highest BCUT2D eigenvalue weighted by Gasteiger charge is 2.27. The molecule has 1 heterocycles. The maximum Gasteiger partial charge on any atom is 0.261 e. The minimum Gasteiger partial charge on any atom is -0.349 e. The molecule has 1 aliphatic rings. The van der Waals surface area contributed by atoms with Gasteiger partial charge in [0.2, 0.25) is 0 Å². The molecule has 182 valence electrons. The molecular formula is C27H29N3O4S. The zero-order chi connectivity index (χ0) is 25.0. The first kappa shape index (κ1) is 24.5. The maximum absolute atomic E-state index is 13.3. The van der Waals surface area contributed by atoms with Gasteiger partial charge in [-0.25, -0.2) is 8.42 Å². The van der Waals surface area contributed by atoms with E-state index in [1.807, 2.05) is 37.3 Å². The van der Waals surface area contributed by atoms with Crippen LogP contribution < -0.4 is 10.0 Å². The molecule has 0 saturated carbocycles. The van der Waals surface area contributed by atoms with E-state index in [0.717, 1.165) is 5.56 Å². The second kappa shape index (κ2) is 10.3. The topological polar surface area (TPSA) is 95.6 Å². The number of rotatable bonds is 6. The molecule has 1 aliphatic heterocycles. The van der Waals surface area contributed by atoms with Gasteiger partial charge in [-0.15, -0.1) is 0 Å². The third-order valence-electron chi connectivity index (χ3n) is 6.21. The molecule has 2 amide bonds. The Morgan fingerprint density at radius 3 is 2.20 bits per heavy atom. The number of nitrogens with one attached hydrogen (secondary N) is 2. The highest BCUT2D eigenvalue weighted by atomic mass is 32.2. The van der Waals surface area contributed by atoms with Crippen molar-refractivity contribution in [3.05, 3.63) is 95.1 Å². The monoisotopic (exact) mass is 491 g/mol. The van der Waals surface area contributed by atoms with E-state index in [9.17, 15) is 18.0 Å². The molecule has 0 bridgehead atoms. The van der Waals surface area contributed by atoms with Gasteiger partial charge in [-0.1, -0.05) is 42.0 Å². The Balaban J connectivity index is 1.42. The second-order valence-electron chi connectivity index (χ2n) is 8.85. The fourth-order valence-electron chi connectivity index (χ4n) is 4.09. The molecule has 2 N–H and O–H groups in total. The van der Waals surface area contributed by atoms with Gasteiger partial charge in [-0.3, -0.25) is 14.3 Å². The summed E-state index contributed by atoms with van der Waals surface area (Å²) in [7, 11) is -3.85. The Bertz CT molecular complexity index is 1310. The van der Waals surface area contributed by atoms with Crippen LogP contribution in [0.2, 0.25) is 0 Å². The van der Waals surface area contributed by atoms with Crippen molar-refractivity contribution in [2.45, 2.75) is 37.6 Å². The van der Waals surface area contributed by atoms with E-state index < -0.39 is 10.0 Å². The van der Waals surface area contributed by atoms with Crippen LogP contribution >= 0.6 is 0 Å². The van der Waals surface area contributed by atoms with Crippen molar-refractivity contribution >= 4 is 27.5 Å². The first-order valence-corrected chi connectivity index (χ1v) is 13.1. The Kier molecular flexibility index (Phi) is 7.21. The Morgan fingerprint density at radius 2 is 1.54 bits per heavy atom. The zero-order valence-corrected chi connectivity index (χ0v) is 20.6. The van der Waals surface area contributed by atoms with Crippen molar-refractivity contribution < 1.29 is 18.0 Å². The van der Waals surface area contributed by atoms with Gasteiger partial charge in [0.1, 0.15) is 0 Å². The van der Waals surface area contributed by atoms with Crippen molar-refractivity contribution in [2.75, 3.05) is 17.8 Å². The predicted octanol–water partition coefficient (Wildman–Crippen LogP) is 4.14. The van der Waals surface area contributed by atoms with Crippen LogP contribution in [0.4, 0.5) is 5.69 Å². The number of benzene rings is 3. The Hall–Kier alpha value is -3.65. The summed E-state index contributed by atoms with van der Waals surface area (Å²) in [6.07, 6.45) is 1.27. The van der Waals surface area contributed by atoms with E-state index in [1.165, 1.54) is 12.1 Å². The number of likely N-dealkylation sites (tertiary alicyclic amines) is 1. The highest BCUT2D eigenvalue weighted by Crippen LogP contribution is 2.22. The van der Waals surface area contributed by atoms with Crippen molar-refractivity contribution in [1.29, 1.82) is 0 Å². The molecule has 4 rings (SSSR count). The van der Waals surface area contributed by atoms with Gasteiger partial charge in [-0.05, 0) is 68.7 Å². The average molecular weight is 492 g/mol. The average Bonchev–Trinajstić information content (AvgIpc) is 2.86. The van der Waals surface area contributed by atoms with Gasteiger partial charge in [0, 0.05) is 35.9 Å². The van der Waals surface area contributed by atoms with Crippen LogP contribution in [0.5, 0.6) is 0 Å². The lowest BCUT2D eigenvalue weighted by molar-refractivity contribution is 0.0697. The van der Waals surface area contributed by atoms with Gasteiger partial charge in [0.15, 0.2) is 0 Å². The molecule has 0 radical (unpaired) electrons. The van der Waals surface area contributed by atoms with Crippen LogP contribution in [0, 0.1) is 13.8 Å². The van der Waals surface area contributed by atoms with Gasteiger partial charge < -0.3 is 10.2 Å². The van der Waals surface area contributed by atoms with Crippen LogP contribution in [0.15, 0.2) is 77.7 Å². The van der Waals surface area contributed by atoms with Gasteiger partial charge >= 0.3 is 0 Å². The molecule has 8 heteroatoms. The lowest BCUT2D eigenvalue weighted by Crippen LogP contribution is -2.46. The van der Waals surface area contributed by atoms with Crippen LogP contribution in [0.1, 0.15) is 44.7 Å². The summed E-state index contributed by atoms with van der Waals surface area (Å²) in [5.41, 5.74) is 3.18. The summed E-state index contributed by atoms with van der Waals surface area (Å²) >= 11 is 0. The Labute approximate surface area is 206 Å². The number of anilines is 1. The first-order chi connectivity index (χ1) is 16.7. The summed E-state index contributed by atoms with van der Waals surface area (Å²) in [6, 6.07) is 20.7. The number of hydrogen-bond donors (Lipinski definition) is 2. The molecule has 0 aliphatic carbocycles. The fourth-order valence-corrected chi connectivity index (χ4v) is 5.17. The van der Waals surface area contributed by atoms with E-state index in [0.29, 0.717) is 48.3 Å². The lowest BCUT2D eigenvalue weighted by atomic mass is 10.0. The first-order valence-electron chi connectivity index (χ1n) is 11.6. The third-order valence-corrected chi connectivity index (χ3v) is 7.59. The van der Waals surface area contributed by atoms with Crippen LogP contribution in [0.3, 0.4) is 0 Å². The van der Waals surface area contributed by atoms with Crippen LogP contribution in [-0.2, 0) is 10.0 Å². The molecule has 35 heavy (non-hydrogen) atoms.